The molecular formula is C26H36N4O3. The van der Waals surface area contributed by atoms with Crippen molar-refractivity contribution < 1.29 is 14.3 Å². The van der Waals surface area contributed by atoms with Crippen LogP contribution >= 0.6 is 0 Å². The number of carbonyl (C=O) groups excluding carboxylic acids is 2. The Hall–Kier alpha value is -3.22. The molecule has 7 heteroatoms. The fourth-order valence-electron chi connectivity index (χ4n) is 4.08. The van der Waals surface area contributed by atoms with Gasteiger partial charge in [0, 0.05) is 36.9 Å². The van der Waals surface area contributed by atoms with Gasteiger partial charge in [-0.2, -0.15) is 0 Å². The van der Waals surface area contributed by atoms with Crippen molar-refractivity contribution in [2.75, 3.05) is 31.6 Å². The van der Waals surface area contributed by atoms with Gasteiger partial charge >= 0.3 is 6.03 Å². The van der Waals surface area contributed by atoms with Crippen molar-refractivity contribution in [3.63, 3.8) is 0 Å². The normalized spacial score (nSPS) is 14.5. The Bertz CT molecular complexity index is 947. The second-order valence-corrected chi connectivity index (χ2v) is 9.44. The molecule has 0 atom stereocenters. The van der Waals surface area contributed by atoms with Gasteiger partial charge in [-0.25, -0.2) is 4.79 Å². The minimum atomic E-state index is -0.261. The first-order valence-electron chi connectivity index (χ1n) is 11.6. The van der Waals surface area contributed by atoms with Crippen molar-refractivity contribution >= 4 is 17.6 Å². The maximum atomic E-state index is 13.0. The molecule has 0 aromatic heterocycles. The Morgan fingerprint density at radius 3 is 2.39 bits per heavy atom. The van der Waals surface area contributed by atoms with Crippen LogP contribution in [0, 0.1) is 0 Å². The Morgan fingerprint density at radius 2 is 1.70 bits per heavy atom. The summed E-state index contributed by atoms with van der Waals surface area (Å²) in [6.07, 6.45) is 2.37. The number of anilines is 1. The fraction of sp³-hybridized carbons (Fsp3) is 0.462. The molecule has 178 valence electrons. The molecule has 2 aromatic rings. The first-order chi connectivity index (χ1) is 15.8. The van der Waals surface area contributed by atoms with E-state index in [2.05, 4.69) is 20.9 Å². The van der Waals surface area contributed by atoms with Crippen LogP contribution in [0.25, 0.3) is 0 Å². The van der Waals surface area contributed by atoms with Gasteiger partial charge in [0.15, 0.2) is 0 Å². The predicted octanol–water partition coefficient (Wildman–Crippen LogP) is 3.73. The third kappa shape index (κ3) is 7.14. The highest BCUT2D eigenvalue weighted by Gasteiger charge is 2.24. The summed E-state index contributed by atoms with van der Waals surface area (Å²) in [7, 11) is 1.66. The number of benzene rings is 2. The number of nitrogens with one attached hydrogen (secondary N) is 3. The molecule has 1 heterocycles. The van der Waals surface area contributed by atoms with Gasteiger partial charge in [0.05, 0.1) is 12.7 Å². The first-order valence-corrected chi connectivity index (χ1v) is 11.6. The monoisotopic (exact) mass is 452 g/mol. The molecule has 0 saturated carbocycles. The number of para-hydroxylation sites is 2. The number of urea groups is 1. The van der Waals surface area contributed by atoms with Gasteiger partial charge in [-0.1, -0.05) is 30.3 Å². The number of rotatable bonds is 7. The summed E-state index contributed by atoms with van der Waals surface area (Å²) in [5, 5.41) is 9.07. The number of methoxy groups -OCH3 is 1. The number of piperidine rings is 1. The lowest BCUT2D eigenvalue weighted by molar-refractivity contribution is 0.0954. The molecule has 3 N–H and O–H groups in total. The summed E-state index contributed by atoms with van der Waals surface area (Å²) in [4.78, 5) is 27.4. The van der Waals surface area contributed by atoms with Gasteiger partial charge in [0.1, 0.15) is 5.75 Å². The molecule has 0 radical (unpaired) electrons. The van der Waals surface area contributed by atoms with Crippen LogP contribution in [0.2, 0.25) is 0 Å². The molecule has 0 bridgehead atoms. The molecule has 1 aliphatic rings. The molecule has 1 fully saturated rings. The SMILES string of the molecule is COc1ccccc1CCNC(=O)c1ccccc1N1CCC(NC(=O)NC(C)(C)C)CC1. The minimum absolute atomic E-state index is 0.0784. The van der Waals surface area contributed by atoms with E-state index in [0.29, 0.717) is 18.5 Å². The zero-order valence-corrected chi connectivity index (χ0v) is 20.1. The molecule has 1 aliphatic heterocycles. The van der Waals surface area contributed by atoms with E-state index in [9.17, 15) is 9.59 Å². The average molecular weight is 453 g/mol. The number of nitrogens with zero attached hydrogens (tertiary/aromatic N) is 1. The van der Waals surface area contributed by atoms with Crippen molar-refractivity contribution in [2.24, 2.45) is 0 Å². The van der Waals surface area contributed by atoms with Gasteiger partial charge in [0.2, 0.25) is 0 Å². The van der Waals surface area contributed by atoms with Crippen molar-refractivity contribution in [1.82, 2.24) is 16.0 Å². The highest BCUT2D eigenvalue weighted by Crippen LogP contribution is 2.24. The smallest absolute Gasteiger partial charge is 0.315 e. The first kappa shape index (κ1) is 24.4. The zero-order chi connectivity index (χ0) is 23.8. The lowest BCUT2D eigenvalue weighted by atomic mass is 10.0. The third-order valence-electron chi connectivity index (χ3n) is 5.68. The molecule has 0 aliphatic carbocycles. The molecule has 3 rings (SSSR count). The fourth-order valence-corrected chi connectivity index (χ4v) is 4.08. The van der Waals surface area contributed by atoms with Crippen molar-refractivity contribution in [3.8, 4) is 5.75 Å². The molecule has 33 heavy (non-hydrogen) atoms. The minimum Gasteiger partial charge on any atom is -0.496 e. The van der Waals surface area contributed by atoms with E-state index in [0.717, 1.165) is 42.9 Å². The lowest BCUT2D eigenvalue weighted by Gasteiger charge is -2.35. The van der Waals surface area contributed by atoms with Gasteiger partial charge in [0.25, 0.3) is 5.91 Å². The largest absolute Gasteiger partial charge is 0.496 e. The third-order valence-corrected chi connectivity index (χ3v) is 5.68. The van der Waals surface area contributed by atoms with Crippen molar-refractivity contribution in [1.29, 1.82) is 0 Å². The summed E-state index contributed by atoms with van der Waals surface area (Å²) in [5.74, 6) is 0.755. The Labute approximate surface area is 196 Å². The van der Waals surface area contributed by atoms with Gasteiger partial charge in [-0.3, -0.25) is 4.79 Å². The number of hydrogen-bond acceptors (Lipinski definition) is 4. The van der Waals surface area contributed by atoms with E-state index in [4.69, 9.17) is 4.74 Å². The van der Waals surface area contributed by atoms with E-state index >= 15 is 0 Å². The standard InChI is InChI=1S/C26H36N4O3/c1-26(2,3)29-25(32)28-20-14-17-30(18-15-20)22-11-7-6-10-21(22)24(31)27-16-13-19-9-5-8-12-23(19)33-4/h5-12,20H,13-18H2,1-4H3,(H,27,31)(H2,28,29,32). The summed E-state index contributed by atoms with van der Waals surface area (Å²) in [5.41, 5.74) is 2.42. The van der Waals surface area contributed by atoms with Gasteiger partial charge < -0.3 is 25.6 Å². The maximum Gasteiger partial charge on any atom is 0.315 e. The van der Waals surface area contributed by atoms with Crippen LogP contribution in [0.15, 0.2) is 48.5 Å². The highest BCUT2D eigenvalue weighted by molar-refractivity contribution is 5.99. The van der Waals surface area contributed by atoms with Gasteiger partial charge in [-0.05, 0) is 63.8 Å². The summed E-state index contributed by atoms with van der Waals surface area (Å²) in [6, 6.07) is 15.6. The lowest BCUT2D eigenvalue weighted by Crippen LogP contribution is -2.52. The van der Waals surface area contributed by atoms with E-state index in [-0.39, 0.29) is 23.5 Å². The predicted molar refractivity (Wildman–Crippen MR) is 132 cm³/mol. The average Bonchev–Trinajstić information content (AvgIpc) is 2.78. The second kappa shape index (κ2) is 11.1. The quantitative estimate of drug-likeness (QED) is 0.598. The van der Waals surface area contributed by atoms with Crippen LogP contribution in [-0.4, -0.2) is 50.3 Å². The van der Waals surface area contributed by atoms with Crippen LogP contribution < -0.4 is 25.6 Å². The van der Waals surface area contributed by atoms with Crippen LogP contribution in [0.5, 0.6) is 5.75 Å². The topological polar surface area (TPSA) is 82.7 Å². The van der Waals surface area contributed by atoms with Crippen LogP contribution in [0.3, 0.4) is 0 Å². The maximum absolute atomic E-state index is 13.0. The van der Waals surface area contributed by atoms with Gasteiger partial charge in [-0.15, -0.1) is 0 Å². The summed E-state index contributed by atoms with van der Waals surface area (Å²) >= 11 is 0. The molecular weight excluding hydrogens is 416 g/mol. The summed E-state index contributed by atoms with van der Waals surface area (Å²) in [6.45, 7) is 7.99. The Balaban J connectivity index is 1.55. The van der Waals surface area contributed by atoms with Crippen molar-refractivity contribution in [3.05, 3.63) is 59.7 Å². The molecule has 2 aromatic carbocycles. The summed E-state index contributed by atoms with van der Waals surface area (Å²) < 4.78 is 5.39. The number of carbonyl (C=O) groups is 2. The number of hydrogen-bond donors (Lipinski definition) is 3. The van der Waals surface area contributed by atoms with E-state index in [1.54, 1.807) is 7.11 Å². The van der Waals surface area contributed by atoms with E-state index < -0.39 is 0 Å². The van der Waals surface area contributed by atoms with Crippen LogP contribution in [0.4, 0.5) is 10.5 Å². The number of amides is 3. The Morgan fingerprint density at radius 1 is 1.03 bits per heavy atom. The zero-order valence-electron chi connectivity index (χ0n) is 20.1. The van der Waals surface area contributed by atoms with Crippen LogP contribution in [-0.2, 0) is 6.42 Å². The van der Waals surface area contributed by atoms with Crippen LogP contribution in [0.1, 0.15) is 49.5 Å². The molecule has 0 unspecified atom stereocenters. The van der Waals surface area contributed by atoms with E-state index in [1.165, 1.54) is 0 Å². The highest BCUT2D eigenvalue weighted by atomic mass is 16.5. The second-order valence-electron chi connectivity index (χ2n) is 9.44. The van der Waals surface area contributed by atoms with E-state index in [1.807, 2.05) is 69.3 Å². The number of ether oxygens (including phenoxy) is 1. The molecule has 1 saturated heterocycles. The molecule has 7 nitrogen and oxygen atoms in total. The molecule has 0 spiro atoms. The molecule has 3 amide bonds. The van der Waals surface area contributed by atoms with Crippen molar-refractivity contribution in [2.45, 2.75) is 51.6 Å². The Kier molecular flexibility index (Phi) is 8.20.